The smallest absolute Gasteiger partial charge is 0.203 e. The fourth-order valence-electron chi connectivity index (χ4n) is 2.68. The average molecular weight is 284 g/mol. The van der Waals surface area contributed by atoms with Crippen LogP contribution in [0.4, 0.5) is 0 Å². The lowest BCUT2D eigenvalue weighted by molar-refractivity contribution is 0.327. The number of aromatic hydroxyl groups is 1. The first-order valence-corrected chi connectivity index (χ1v) is 6.54. The molecule has 0 saturated heterocycles. The van der Waals surface area contributed by atoms with Crippen molar-refractivity contribution in [3.8, 4) is 23.0 Å². The lowest BCUT2D eigenvalue weighted by atomic mass is 10.00. The van der Waals surface area contributed by atoms with Crippen LogP contribution in [-0.2, 0) is 0 Å². The van der Waals surface area contributed by atoms with Gasteiger partial charge in [-0.15, -0.1) is 0 Å². The van der Waals surface area contributed by atoms with Crippen molar-refractivity contribution in [2.45, 2.75) is 0 Å². The minimum absolute atomic E-state index is 0.237. The van der Waals surface area contributed by atoms with Crippen LogP contribution in [0.25, 0.3) is 21.5 Å². The Balaban J connectivity index is 2.51. The van der Waals surface area contributed by atoms with E-state index in [0.717, 1.165) is 21.5 Å². The van der Waals surface area contributed by atoms with E-state index in [2.05, 4.69) is 0 Å². The van der Waals surface area contributed by atoms with Gasteiger partial charge in [0.05, 0.1) is 21.3 Å². The zero-order valence-electron chi connectivity index (χ0n) is 12.1. The van der Waals surface area contributed by atoms with E-state index >= 15 is 0 Å². The highest BCUT2D eigenvalue weighted by atomic mass is 16.5. The Morgan fingerprint density at radius 2 is 1.48 bits per heavy atom. The maximum absolute atomic E-state index is 9.64. The molecule has 1 N–H and O–H groups in total. The first kappa shape index (κ1) is 13.4. The molecule has 0 atom stereocenters. The van der Waals surface area contributed by atoms with E-state index in [1.807, 2.05) is 24.3 Å². The lowest BCUT2D eigenvalue weighted by Gasteiger charge is -2.16. The topological polar surface area (TPSA) is 47.9 Å². The second-order valence-corrected chi connectivity index (χ2v) is 4.71. The van der Waals surface area contributed by atoms with Gasteiger partial charge in [-0.05, 0) is 40.4 Å². The van der Waals surface area contributed by atoms with E-state index in [9.17, 15) is 5.11 Å². The van der Waals surface area contributed by atoms with Crippen LogP contribution < -0.4 is 14.2 Å². The summed E-state index contributed by atoms with van der Waals surface area (Å²) in [5, 5.41) is 13.5. The van der Waals surface area contributed by atoms with E-state index in [1.54, 1.807) is 33.5 Å². The van der Waals surface area contributed by atoms with E-state index in [0.29, 0.717) is 17.2 Å². The Morgan fingerprint density at radius 3 is 2.14 bits per heavy atom. The molecule has 0 heterocycles. The molecule has 3 rings (SSSR count). The Kier molecular flexibility index (Phi) is 3.22. The first-order chi connectivity index (χ1) is 10.2. The Labute approximate surface area is 122 Å². The SMILES string of the molecule is COc1cc2ccc3cc(O)ccc3c2c(OC)c1OC. The van der Waals surface area contributed by atoms with Crippen LogP contribution in [0.1, 0.15) is 0 Å². The highest BCUT2D eigenvalue weighted by Crippen LogP contribution is 2.46. The Hall–Kier alpha value is -2.62. The molecular formula is C17H16O4. The van der Waals surface area contributed by atoms with E-state index < -0.39 is 0 Å². The number of hydrogen-bond donors (Lipinski definition) is 1. The van der Waals surface area contributed by atoms with Crippen LogP contribution in [0.2, 0.25) is 0 Å². The summed E-state index contributed by atoms with van der Waals surface area (Å²) in [7, 11) is 4.79. The van der Waals surface area contributed by atoms with Gasteiger partial charge < -0.3 is 19.3 Å². The van der Waals surface area contributed by atoms with Crippen LogP contribution in [0.15, 0.2) is 36.4 Å². The molecule has 0 fully saturated rings. The van der Waals surface area contributed by atoms with Crippen molar-refractivity contribution in [1.29, 1.82) is 0 Å². The van der Waals surface area contributed by atoms with Gasteiger partial charge in [0.15, 0.2) is 11.5 Å². The van der Waals surface area contributed by atoms with Gasteiger partial charge in [0.2, 0.25) is 5.75 Å². The van der Waals surface area contributed by atoms with Crippen LogP contribution in [-0.4, -0.2) is 26.4 Å². The second-order valence-electron chi connectivity index (χ2n) is 4.71. The molecule has 0 aromatic heterocycles. The molecule has 0 aliphatic carbocycles. The zero-order valence-corrected chi connectivity index (χ0v) is 12.1. The van der Waals surface area contributed by atoms with E-state index in [4.69, 9.17) is 14.2 Å². The largest absolute Gasteiger partial charge is 0.508 e. The summed E-state index contributed by atoms with van der Waals surface area (Å²) in [6, 6.07) is 11.1. The summed E-state index contributed by atoms with van der Waals surface area (Å²) in [5.74, 6) is 2.05. The second kappa shape index (κ2) is 5.05. The zero-order chi connectivity index (χ0) is 15.0. The van der Waals surface area contributed by atoms with Gasteiger partial charge in [-0.25, -0.2) is 0 Å². The number of methoxy groups -OCH3 is 3. The predicted molar refractivity (Wildman–Crippen MR) is 82.8 cm³/mol. The molecule has 4 heteroatoms. The monoisotopic (exact) mass is 284 g/mol. The van der Waals surface area contributed by atoms with Gasteiger partial charge in [0.1, 0.15) is 5.75 Å². The molecule has 0 aliphatic heterocycles. The van der Waals surface area contributed by atoms with E-state index in [-0.39, 0.29) is 5.75 Å². The first-order valence-electron chi connectivity index (χ1n) is 6.54. The molecule has 0 bridgehead atoms. The Morgan fingerprint density at radius 1 is 0.762 bits per heavy atom. The number of ether oxygens (including phenoxy) is 3. The standard InChI is InChI=1S/C17H16O4/c1-19-14-9-11-5-4-10-8-12(18)6-7-13(10)15(11)17(21-3)16(14)20-2/h4-9,18H,1-3H3. The van der Waals surface area contributed by atoms with Gasteiger partial charge in [0.25, 0.3) is 0 Å². The summed E-state index contributed by atoms with van der Waals surface area (Å²) in [6.45, 7) is 0. The molecule has 21 heavy (non-hydrogen) atoms. The quantitative estimate of drug-likeness (QED) is 0.745. The highest BCUT2D eigenvalue weighted by Gasteiger charge is 2.17. The lowest BCUT2D eigenvalue weighted by Crippen LogP contribution is -1.96. The molecule has 0 spiro atoms. The number of phenolic OH excluding ortho intramolecular Hbond substituents is 1. The number of hydrogen-bond acceptors (Lipinski definition) is 4. The number of benzene rings is 3. The number of rotatable bonds is 3. The molecular weight excluding hydrogens is 268 g/mol. The maximum atomic E-state index is 9.64. The fraction of sp³-hybridized carbons (Fsp3) is 0.176. The summed E-state index contributed by atoms with van der Waals surface area (Å²) < 4.78 is 16.4. The Bertz CT molecular complexity index is 824. The molecule has 4 nitrogen and oxygen atoms in total. The third-order valence-electron chi connectivity index (χ3n) is 3.61. The summed E-state index contributed by atoms with van der Waals surface area (Å²) >= 11 is 0. The summed E-state index contributed by atoms with van der Waals surface area (Å²) in [4.78, 5) is 0. The number of phenols is 1. The van der Waals surface area contributed by atoms with Gasteiger partial charge in [-0.2, -0.15) is 0 Å². The van der Waals surface area contributed by atoms with Crippen molar-refractivity contribution in [2.75, 3.05) is 21.3 Å². The van der Waals surface area contributed by atoms with Crippen LogP contribution >= 0.6 is 0 Å². The van der Waals surface area contributed by atoms with E-state index in [1.165, 1.54) is 0 Å². The van der Waals surface area contributed by atoms with Gasteiger partial charge in [0, 0.05) is 5.39 Å². The number of fused-ring (bicyclic) bond motifs is 3. The van der Waals surface area contributed by atoms with Crippen molar-refractivity contribution in [3.05, 3.63) is 36.4 Å². The molecule has 3 aromatic rings. The summed E-state index contributed by atoms with van der Waals surface area (Å²) in [5.41, 5.74) is 0. The highest BCUT2D eigenvalue weighted by molar-refractivity contribution is 6.12. The normalized spacial score (nSPS) is 10.8. The van der Waals surface area contributed by atoms with Gasteiger partial charge in [-0.3, -0.25) is 0 Å². The third-order valence-corrected chi connectivity index (χ3v) is 3.61. The minimum Gasteiger partial charge on any atom is -0.508 e. The van der Waals surface area contributed by atoms with Gasteiger partial charge in [-0.1, -0.05) is 12.1 Å². The molecule has 0 amide bonds. The van der Waals surface area contributed by atoms with Crippen LogP contribution in [0.5, 0.6) is 23.0 Å². The molecule has 0 aliphatic rings. The minimum atomic E-state index is 0.237. The predicted octanol–water partition coefficient (Wildman–Crippen LogP) is 3.72. The molecule has 0 saturated carbocycles. The van der Waals surface area contributed by atoms with Gasteiger partial charge >= 0.3 is 0 Å². The van der Waals surface area contributed by atoms with Crippen molar-refractivity contribution in [1.82, 2.24) is 0 Å². The molecule has 0 radical (unpaired) electrons. The molecule has 108 valence electrons. The van der Waals surface area contributed by atoms with Crippen LogP contribution in [0.3, 0.4) is 0 Å². The fourth-order valence-corrected chi connectivity index (χ4v) is 2.68. The van der Waals surface area contributed by atoms with Crippen molar-refractivity contribution >= 4 is 21.5 Å². The van der Waals surface area contributed by atoms with Crippen molar-refractivity contribution < 1.29 is 19.3 Å². The van der Waals surface area contributed by atoms with Crippen molar-refractivity contribution in [2.24, 2.45) is 0 Å². The maximum Gasteiger partial charge on any atom is 0.203 e. The molecule has 3 aromatic carbocycles. The van der Waals surface area contributed by atoms with Crippen LogP contribution in [0, 0.1) is 0 Å². The molecule has 0 unspecified atom stereocenters. The average Bonchev–Trinajstić information content (AvgIpc) is 2.52. The summed E-state index contributed by atoms with van der Waals surface area (Å²) in [6.07, 6.45) is 0. The van der Waals surface area contributed by atoms with Crippen molar-refractivity contribution in [3.63, 3.8) is 0 Å². The third kappa shape index (κ3) is 2.00.